The molecule has 0 amide bonds. The molecule has 4 heteroatoms. The highest BCUT2D eigenvalue weighted by molar-refractivity contribution is 5.61. The molecule has 10 heavy (non-hydrogen) atoms. The lowest BCUT2D eigenvalue weighted by molar-refractivity contribution is -0.365. The predicted octanol–water partition coefficient (Wildman–Crippen LogP) is -0.269. The lowest BCUT2D eigenvalue weighted by atomic mass is 10.5. The highest BCUT2D eigenvalue weighted by Gasteiger charge is 2.00. The Morgan fingerprint density at radius 2 is 2.50 bits per heavy atom. The van der Waals surface area contributed by atoms with Gasteiger partial charge in [-0.3, -0.25) is 0 Å². The molecule has 0 aliphatic heterocycles. The summed E-state index contributed by atoms with van der Waals surface area (Å²) in [5.74, 6) is 0.639. The van der Waals surface area contributed by atoms with Crippen LogP contribution in [0.1, 0.15) is 0 Å². The van der Waals surface area contributed by atoms with Crippen LogP contribution in [0.25, 0.3) is 5.52 Å². The van der Waals surface area contributed by atoms with Gasteiger partial charge in [0.2, 0.25) is 12.1 Å². The third-order valence-electron chi connectivity index (χ3n) is 1.41. The van der Waals surface area contributed by atoms with Gasteiger partial charge in [0, 0.05) is 6.20 Å². The number of hydrogen-bond acceptors (Lipinski definition) is 2. The number of hydrogen-bond donors (Lipinski definition) is 1. The molecule has 0 bridgehead atoms. The van der Waals surface area contributed by atoms with E-state index in [1.165, 1.54) is 0 Å². The summed E-state index contributed by atoms with van der Waals surface area (Å²) in [6, 6.07) is 3.80. The van der Waals surface area contributed by atoms with Crippen LogP contribution in [0.4, 0.5) is 5.82 Å². The second kappa shape index (κ2) is 1.70. The van der Waals surface area contributed by atoms with Gasteiger partial charge in [-0.25, -0.2) is 4.98 Å². The van der Waals surface area contributed by atoms with Crippen molar-refractivity contribution >= 4 is 11.3 Å². The third-order valence-corrected chi connectivity index (χ3v) is 1.41. The van der Waals surface area contributed by atoms with Gasteiger partial charge in [-0.05, 0) is 17.2 Å². The van der Waals surface area contributed by atoms with Gasteiger partial charge in [-0.15, -0.1) is 0 Å². The molecule has 0 saturated heterocycles. The summed E-state index contributed by atoms with van der Waals surface area (Å²) in [6.07, 6.45) is 3.40. The quantitative estimate of drug-likeness (QED) is 0.540. The van der Waals surface area contributed by atoms with Crippen LogP contribution in [0.3, 0.4) is 0 Å². The number of aromatic nitrogens is 3. The number of H-pyrrole nitrogens is 1. The van der Waals surface area contributed by atoms with Gasteiger partial charge < -0.3 is 5.73 Å². The monoisotopic (exact) mass is 135 g/mol. The summed E-state index contributed by atoms with van der Waals surface area (Å²) in [6.45, 7) is 0. The van der Waals surface area contributed by atoms with E-state index in [4.69, 9.17) is 5.73 Å². The van der Waals surface area contributed by atoms with Gasteiger partial charge in [0.15, 0.2) is 5.52 Å². The van der Waals surface area contributed by atoms with Crippen LogP contribution in [-0.4, -0.2) is 9.61 Å². The molecule has 0 spiro atoms. The zero-order valence-electron chi connectivity index (χ0n) is 5.28. The minimum atomic E-state index is 0.639. The zero-order valence-corrected chi connectivity index (χ0v) is 5.28. The van der Waals surface area contributed by atoms with Crippen molar-refractivity contribution in [3.8, 4) is 0 Å². The number of nitrogen functional groups attached to an aromatic ring is 1. The van der Waals surface area contributed by atoms with Crippen LogP contribution < -0.4 is 10.7 Å². The van der Waals surface area contributed by atoms with Crippen molar-refractivity contribution < 1.29 is 4.98 Å². The van der Waals surface area contributed by atoms with E-state index in [1.807, 2.05) is 18.3 Å². The average Bonchev–Trinajstić information content (AvgIpc) is 2.36. The predicted molar refractivity (Wildman–Crippen MR) is 36.2 cm³/mol. The Hall–Kier alpha value is -1.58. The van der Waals surface area contributed by atoms with Crippen LogP contribution >= 0.6 is 0 Å². The van der Waals surface area contributed by atoms with Crippen molar-refractivity contribution in [3.05, 3.63) is 24.7 Å². The number of nitrogens with two attached hydrogens (primary N) is 1. The van der Waals surface area contributed by atoms with Crippen LogP contribution in [0.15, 0.2) is 24.7 Å². The molecule has 0 radical (unpaired) electrons. The van der Waals surface area contributed by atoms with Gasteiger partial charge >= 0.3 is 0 Å². The average molecular weight is 135 g/mol. The third kappa shape index (κ3) is 0.556. The SMILES string of the molecule is Nc1[nH+]cnn2cccc12. The molecule has 50 valence electrons. The Kier molecular flexibility index (Phi) is 0.887. The Labute approximate surface area is 57.3 Å². The number of anilines is 1. The summed E-state index contributed by atoms with van der Waals surface area (Å²) in [4.78, 5) is 2.81. The first-order chi connectivity index (χ1) is 4.88. The minimum Gasteiger partial charge on any atom is -0.317 e. The van der Waals surface area contributed by atoms with Crippen LogP contribution in [0, 0.1) is 0 Å². The Balaban J connectivity index is 2.95. The molecular weight excluding hydrogens is 128 g/mol. The first-order valence-electron chi connectivity index (χ1n) is 2.97. The largest absolute Gasteiger partial charge is 0.317 e. The summed E-state index contributed by atoms with van der Waals surface area (Å²) in [5, 5.41) is 3.98. The maximum Gasteiger partial charge on any atom is 0.248 e. The number of nitrogens with one attached hydrogen (secondary N) is 1. The van der Waals surface area contributed by atoms with E-state index in [0.29, 0.717) is 5.82 Å². The topological polar surface area (TPSA) is 57.5 Å². The van der Waals surface area contributed by atoms with Crippen LogP contribution in [-0.2, 0) is 0 Å². The van der Waals surface area contributed by atoms with Gasteiger partial charge in [0.1, 0.15) is 0 Å². The minimum absolute atomic E-state index is 0.639. The molecule has 3 N–H and O–H groups in total. The molecule has 0 aliphatic rings. The van der Waals surface area contributed by atoms with Crippen molar-refractivity contribution in [1.82, 2.24) is 9.61 Å². The van der Waals surface area contributed by atoms with Crippen molar-refractivity contribution in [1.29, 1.82) is 0 Å². The molecule has 2 rings (SSSR count). The molecule has 4 nitrogen and oxygen atoms in total. The molecule has 0 atom stereocenters. The lowest BCUT2D eigenvalue weighted by Crippen LogP contribution is -2.13. The number of nitrogens with zero attached hydrogens (tertiary/aromatic N) is 2. The first kappa shape index (κ1) is 5.22. The Morgan fingerprint density at radius 1 is 1.60 bits per heavy atom. The van der Waals surface area contributed by atoms with Crippen LogP contribution in [0.2, 0.25) is 0 Å². The summed E-state index contributed by atoms with van der Waals surface area (Å²) in [5.41, 5.74) is 6.49. The molecule has 2 aromatic heterocycles. The number of aromatic amines is 1. The Bertz CT molecular complexity index is 351. The zero-order chi connectivity index (χ0) is 6.97. The van der Waals surface area contributed by atoms with Gasteiger partial charge in [0.25, 0.3) is 0 Å². The van der Waals surface area contributed by atoms with E-state index in [-0.39, 0.29) is 0 Å². The summed E-state index contributed by atoms with van der Waals surface area (Å²) >= 11 is 0. The number of fused-ring (bicyclic) bond motifs is 1. The van der Waals surface area contributed by atoms with E-state index < -0.39 is 0 Å². The van der Waals surface area contributed by atoms with E-state index in [1.54, 1.807) is 10.8 Å². The fourth-order valence-corrected chi connectivity index (χ4v) is 0.921. The second-order valence-electron chi connectivity index (χ2n) is 2.04. The molecule has 2 heterocycles. The molecule has 0 unspecified atom stereocenters. The molecule has 0 aromatic carbocycles. The van der Waals surface area contributed by atoms with E-state index >= 15 is 0 Å². The second-order valence-corrected chi connectivity index (χ2v) is 2.04. The first-order valence-corrected chi connectivity index (χ1v) is 2.97. The smallest absolute Gasteiger partial charge is 0.248 e. The van der Waals surface area contributed by atoms with Gasteiger partial charge in [-0.2, -0.15) is 4.52 Å². The van der Waals surface area contributed by atoms with Gasteiger partial charge in [0.05, 0.1) is 0 Å². The van der Waals surface area contributed by atoms with Crippen molar-refractivity contribution in [2.24, 2.45) is 0 Å². The normalized spacial score (nSPS) is 10.4. The maximum atomic E-state index is 5.58. The molecule has 0 fully saturated rings. The molecular formula is C6H7N4+. The van der Waals surface area contributed by atoms with E-state index in [2.05, 4.69) is 10.1 Å². The lowest BCUT2D eigenvalue weighted by Gasteiger charge is -1.87. The summed E-state index contributed by atoms with van der Waals surface area (Å²) < 4.78 is 1.71. The van der Waals surface area contributed by atoms with Crippen molar-refractivity contribution in [2.45, 2.75) is 0 Å². The van der Waals surface area contributed by atoms with E-state index in [9.17, 15) is 0 Å². The van der Waals surface area contributed by atoms with Crippen molar-refractivity contribution in [2.75, 3.05) is 5.73 Å². The van der Waals surface area contributed by atoms with Gasteiger partial charge in [-0.1, -0.05) is 0 Å². The highest BCUT2D eigenvalue weighted by Crippen LogP contribution is 2.03. The molecule has 0 aliphatic carbocycles. The molecule has 0 saturated carbocycles. The highest BCUT2D eigenvalue weighted by atomic mass is 15.2. The fraction of sp³-hybridized carbons (Fsp3) is 0. The van der Waals surface area contributed by atoms with Crippen LogP contribution in [0.5, 0.6) is 0 Å². The maximum absolute atomic E-state index is 5.58. The number of rotatable bonds is 0. The summed E-state index contributed by atoms with van der Waals surface area (Å²) in [7, 11) is 0. The Morgan fingerprint density at radius 3 is 3.30 bits per heavy atom. The van der Waals surface area contributed by atoms with E-state index in [0.717, 1.165) is 5.52 Å². The standard InChI is InChI=1S/C6H6N4/c7-6-5-2-1-3-10(5)9-4-8-6/h1-4H,(H2,7,8,9)/p+1. The van der Waals surface area contributed by atoms with Crippen molar-refractivity contribution in [3.63, 3.8) is 0 Å². The molecule has 2 aromatic rings. The fourth-order valence-electron chi connectivity index (χ4n) is 0.921.